The molecule has 2 saturated heterocycles. The molecule has 0 radical (unpaired) electrons. The van der Waals surface area contributed by atoms with Crippen molar-refractivity contribution < 1.29 is 19.1 Å². The molecule has 5 aromatic rings. The predicted octanol–water partition coefficient (Wildman–Crippen LogP) is 5.10. The van der Waals surface area contributed by atoms with Gasteiger partial charge >= 0.3 is 0 Å². The topological polar surface area (TPSA) is 152 Å². The van der Waals surface area contributed by atoms with Crippen LogP contribution in [0, 0.1) is 32.6 Å². The summed E-state index contributed by atoms with van der Waals surface area (Å²) in [5, 5.41) is 10.1. The number of amides is 3. The number of aromatic nitrogens is 6. The van der Waals surface area contributed by atoms with Gasteiger partial charge in [-0.25, -0.2) is 9.67 Å². The number of nitrogens with zero attached hydrogens (tertiary/aromatic N) is 8. The maximum absolute atomic E-state index is 13.9. The zero-order chi connectivity index (χ0) is 39.4. The summed E-state index contributed by atoms with van der Waals surface area (Å²) < 4.78 is 10.4. The number of fused-ring (bicyclic) bond motifs is 9. The molecule has 1 aliphatic carbocycles. The van der Waals surface area contributed by atoms with Gasteiger partial charge in [0.15, 0.2) is 0 Å². The van der Waals surface area contributed by atoms with Crippen LogP contribution in [0.5, 0.6) is 5.88 Å². The number of ether oxygens (including phenoxy) is 1. The first-order chi connectivity index (χ1) is 27.6. The van der Waals surface area contributed by atoms with Crippen molar-refractivity contribution >= 4 is 40.4 Å². The van der Waals surface area contributed by atoms with E-state index in [1.807, 2.05) is 33.0 Å². The number of piperazine rings is 1. The third-order valence-electron chi connectivity index (χ3n) is 12.5. The van der Waals surface area contributed by atoms with Gasteiger partial charge in [-0.1, -0.05) is 0 Å². The first-order valence-corrected chi connectivity index (χ1v) is 20.3. The van der Waals surface area contributed by atoms with Crippen LogP contribution in [0.2, 0.25) is 0 Å². The predicted molar refractivity (Wildman–Crippen MR) is 216 cm³/mol. The molecule has 9 rings (SSSR count). The van der Waals surface area contributed by atoms with Crippen LogP contribution in [0.3, 0.4) is 0 Å². The van der Waals surface area contributed by atoms with Crippen LogP contribution in [0.1, 0.15) is 76.6 Å². The van der Waals surface area contributed by atoms with Crippen LogP contribution >= 0.6 is 0 Å². The lowest BCUT2D eigenvalue weighted by Crippen LogP contribution is -2.47. The smallest absolute Gasteiger partial charge is 0.258 e. The molecule has 4 bridgehead atoms. The van der Waals surface area contributed by atoms with Crippen LogP contribution in [-0.2, 0) is 29.6 Å². The van der Waals surface area contributed by atoms with Crippen molar-refractivity contribution in [3.05, 3.63) is 76.4 Å². The maximum Gasteiger partial charge on any atom is 0.258 e. The summed E-state index contributed by atoms with van der Waals surface area (Å²) in [6.07, 6.45) is 6.70. The monoisotopic (exact) mass is 770 g/mol. The molecule has 296 valence electrons. The molecule has 3 atom stereocenters. The number of benzene rings is 1. The molecule has 14 nitrogen and oxygen atoms in total. The average Bonchev–Trinajstić information content (AvgIpc) is 3.89. The zero-order valence-electron chi connectivity index (χ0n) is 33.2. The lowest BCUT2D eigenvalue weighted by atomic mass is 9.92. The highest BCUT2D eigenvalue weighted by molar-refractivity contribution is 6.05. The Balaban J connectivity index is 0.914. The third kappa shape index (κ3) is 7.38. The minimum Gasteiger partial charge on any atom is -0.477 e. The Morgan fingerprint density at radius 2 is 1.72 bits per heavy atom. The number of carbonyl (C=O) groups is 3. The van der Waals surface area contributed by atoms with E-state index >= 15 is 0 Å². The fourth-order valence-corrected chi connectivity index (χ4v) is 9.34. The van der Waals surface area contributed by atoms with Gasteiger partial charge in [0, 0.05) is 75.4 Å². The molecular formula is C43H50N10O4. The molecular weight excluding hydrogens is 721 g/mol. The van der Waals surface area contributed by atoms with Gasteiger partial charge in [-0.3, -0.25) is 39.9 Å². The minimum atomic E-state index is -0.374. The highest BCUT2D eigenvalue weighted by Crippen LogP contribution is 2.37. The van der Waals surface area contributed by atoms with Crippen molar-refractivity contribution in [1.29, 1.82) is 0 Å². The van der Waals surface area contributed by atoms with E-state index in [1.165, 1.54) is 5.56 Å². The van der Waals surface area contributed by atoms with E-state index < -0.39 is 0 Å². The lowest BCUT2D eigenvalue weighted by molar-refractivity contribution is -0.134. The number of carbonyl (C=O) groups excluding carboxylic acids is 3. The van der Waals surface area contributed by atoms with Crippen LogP contribution in [0.4, 0.5) is 11.6 Å². The van der Waals surface area contributed by atoms with Gasteiger partial charge < -0.3 is 14.2 Å². The standard InChI is InChI=1S/C43H50N10O4/c1-25-17-36(33-8-10-39(54)48-41(33)56)46-27(3)32(25)11-12-51-13-15-52(16-14-51)31-7-9-35-38(21-31)53-23-28-5-6-29(19-28)24-57-42-34(22-44-50(42)4)37-20-30(18-26(2)45-37)40(55)49-43(53)47-35/h7,9,17-18,20-22,28-29,33H,5-6,8,10-16,19,23-24H2,1-4H3,(H,47,49,55)(H,48,54,56)/t28-,29+,33?/m1/s1. The SMILES string of the molecule is Cc1cc2cc(n1)-c1cnn(C)c1OC[C@H]1CC[C@H](C1)Cn1c(nc3ccc(N4CCN(CCc5c(C)cc(C6CCC(=O)NC6=O)nc5C)CC4)cc31)NC2=O. The number of hydrogen-bond acceptors (Lipinski definition) is 10. The number of aryl methyl sites for hydroxylation is 4. The number of anilines is 2. The fraction of sp³-hybridized carbons (Fsp3) is 0.465. The number of imidazole rings is 1. The zero-order valence-corrected chi connectivity index (χ0v) is 33.2. The summed E-state index contributed by atoms with van der Waals surface area (Å²) in [5.74, 6) is 1.02. The van der Waals surface area contributed by atoms with E-state index in [9.17, 15) is 14.4 Å². The van der Waals surface area contributed by atoms with Gasteiger partial charge in [0.2, 0.25) is 23.6 Å². The van der Waals surface area contributed by atoms with Gasteiger partial charge in [0.1, 0.15) is 0 Å². The van der Waals surface area contributed by atoms with Crippen LogP contribution in [0.15, 0.2) is 42.6 Å². The van der Waals surface area contributed by atoms with E-state index in [1.54, 1.807) is 16.9 Å². The Morgan fingerprint density at radius 1 is 0.895 bits per heavy atom. The summed E-state index contributed by atoms with van der Waals surface area (Å²) in [6, 6.07) is 12.1. The van der Waals surface area contributed by atoms with Crippen molar-refractivity contribution in [3.63, 3.8) is 0 Å². The largest absolute Gasteiger partial charge is 0.477 e. The summed E-state index contributed by atoms with van der Waals surface area (Å²) in [4.78, 5) is 57.6. The van der Waals surface area contributed by atoms with Crippen LogP contribution in [-0.4, -0.2) is 91.3 Å². The molecule has 1 unspecified atom stereocenters. The third-order valence-corrected chi connectivity index (χ3v) is 12.5. The van der Waals surface area contributed by atoms with Crippen molar-refractivity contribution in [1.82, 2.24) is 39.5 Å². The van der Waals surface area contributed by atoms with Crippen LogP contribution in [0.25, 0.3) is 22.3 Å². The highest BCUT2D eigenvalue weighted by atomic mass is 16.5. The molecule has 7 heterocycles. The molecule has 3 fully saturated rings. The molecule has 0 spiro atoms. The van der Waals surface area contributed by atoms with Crippen molar-refractivity contribution in [2.75, 3.05) is 49.5 Å². The first kappa shape index (κ1) is 37.0. The van der Waals surface area contributed by atoms with E-state index in [4.69, 9.17) is 19.7 Å². The number of piperidine rings is 1. The normalized spacial score (nSPS) is 21.6. The molecule has 1 aromatic carbocycles. The summed E-state index contributed by atoms with van der Waals surface area (Å²) in [5.41, 5.74) is 9.80. The number of nitrogens with one attached hydrogen (secondary N) is 2. The number of pyridine rings is 2. The minimum absolute atomic E-state index is 0.209. The lowest BCUT2D eigenvalue weighted by Gasteiger charge is -2.36. The fourth-order valence-electron chi connectivity index (χ4n) is 9.34. The molecule has 3 aliphatic heterocycles. The second-order valence-corrected chi connectivity index (χ2v) is 16.4. The second kappa shape index (κ2) is 15.0. The van der Waals surface area contributed by atoms with Gasteiger partial charge in [0.25, 0.3) is 5.91 Å². The molecule has 57 heavy (non-hydrogen) atoms. The summed E-state index contributed by atoms with van der Waals surface area (Å²) >= 11 is 0. The van der Waals surface area contributed by atoms with E-state index in [2.05, 4.69) is 55.2 Å². The number of rotatable bonds is 5. The highest BCUT2D eigenvalue weighted by Gasteiger charge is 2.31. The average molecular weight is 771 g/mol. The number of hydrogen-bond donors (Lipinski definition) is 2. The molecule has 1 saturated carbocycles. The Labute approximate surface area is 332 Å². The van der Waals surface area contributed by atoms with Crippen molar-refractivity contribution in [2.24, 2.45) is 18.9 Å². The first-order valence-electron chi connectivity index (χ1n) is 20.3. The number of imide groups is 1. The summed E-state index contributed by atoms with van der Waals surface area (Å²) in [6.45, 7) is 12.0. The summed E-state index contributed by atoms with van der Waals surface area (Å²) in [7, 11) is 1.88. The molecule has 4 aliphatic rings. The second-order valence-electron chi connectivity index (χ2n) is 16.4. The van der Waals surface area contributed by atoms with Crippen molar-refractivity contribution in [3.8, 4) is 17.1 Å². The Kier molecular flexibility index (Phi) is 9.75. The van der Waals surface area contributed by atoms with Crippen LogP contribution < -0.4 is 20.3 Å². The Bertz CT molecular complexity index is 2370. The van der Waals surface area contributed by atoms with Gasteiger partial charge in [-0.05, 0) is 112 Å². The van der Waals surface area contributed by atoms with Gasteiger partial charge in [0.05, 0.1) is 46.7 Å². The Morgan fingerprint density at radius 3 is 2.53 bits per heavy atom. The molecule has 4 aromatic heterocycles. The quantitative estimate of drug-likeness (QED) is 0.231. The van der Waals surface area contributed by atoms with Gasteiger partial charge in [-0.15, -0.1) is 0 Å². The van der Waals surface area contributed by atoms with Gasteiger partial charge in [-0.2, -0.15) is 5.10 Å². The molecule has 3 amide bonds. The van der Waals surface area contributed by atoms with Crippen molar-refractivity contribution in [2.45, 2.75) is 71.8 Å². The molecule has 2 N–H and O–H groups in total. The maximum atomic E-state index is 13.9. The molecule has 14 heteroatoms. The van der Waals surface area contributed by atoms with E-state index in [0.717, 1.165) is 110 Å². The van der Waals surface area contributed by atoms with E-state index in [0.29, 0.717) is 54.4 Å². The van der Waals surface area contributed by atoms with E-state index in [-0.39, 0.29) is 23.6 Å². The Hall–Kier alpha value is -5.63.